The van der Waals surface area contributed by atoms with Gasteiger partial charge in [-0.3, -0.25) is 10.1 Å². The van der Waals surface area contributed by atoms with E-state index < -0.39 is 4.92 Å². The van der Waals surface area contributed by atoms with Gasteiger partial charge < -0.3 is 5.32 Å². The number of nitrogens with zero attached hydrogens (tertiary/aromatic N) is 2. The summed E-state index contributed by atoms with van der Waals surface area (Å²) >= 11 is 0. The molecule has 0 radical (unpaired) electrons. The fourth-order valence-corrected chi connectivity index (χ4v) is 1.89. The Kier molecular flexibility index (Phi) is 3.75. The van der Waals surface area contributed by atoms with E-state index in [9.17, 15) is 10.1 Å². The highest BCUT2D eigenvalue weighted by atomic mass is 16.6. The summed E-state index contributed by atoms with van der Waals surface area (Å²) in [4.78, 5) is 15.0. The molecule has 0 aliphatic rings. The highest BCUT2D eigenvalue weighted by molar-refractivity contribution is 5.68. The molecular formula is C14H15N3O2. The molecule has 5 heteroatoms. The van der Waals surface area contributed by atoms with Crippen LogP contribution < -0.4 is 5.32 Å². The van der Waals surface area contributed by atoms with Gasteiger partial charge in [0.05, 0.1) is 16.7 Å². The third-order valence-corrected chi connectivity index (χ3v) is 2.80. The van der Waals surface area contributed by atoms with Gasteiger partial charge in [0, 0.05) is 18.2 Å². The predicted octanol–water partition coefficient (Wildman–Crippen LogP) is 3.40. The van der Waals surface area contributed by atoms with Crippen LogP contribution in [0.2, 0.25) is 0 Å². The predicted molar refractivity (Wildman–Crippen MR) is 75.2 cm³/mol. The van der Waals surface area contributed by atoms with Crippen LogP contribution >= 0.6 is 0 Å². The van der Waals surface area contributed by atoms with Crippen molar-refractivity contribution in [1.29, 1.82) is 0 Å². The van der Waals surface area contributed by atoms with Gasteiger partial charge in [-0.05, 0) is 19.4 Å². The molecule has 5 nitrogen and oxygen atoms in total. The van der Waals surface area contributed by atoms with Crippen LogP contribution in [0.1, 0.15) is 12.5 Å². The number of rotatable bonds is 4. The van der Waals surface area contributed by atoms with E-state index in [-0.39, 0.29) is 5.69 Å². The summed E-state index contributed by atoms with van der Waals surface area (Å²) in [5.74, 6) is 0.523. The minimum absolute atomic E-state index is 0.0456. The lowest BCUT2D eigenvalue weighted by Crippen LogP contribution is -2.02. The number of pyridine rings is 1. The van der Waals surface area contributed by atoms with Crippen molar-refractivity contribution in [3.05, 3.63) is 52.1 Å². The molecule has 2 rings (SSSR count). The first-order chi connectivity index (χ1) is 9.11. The standard InChI is InChI=1S/C14H15N3O2/c1-3-15-14-9-11(17(18)19)8-13(16-14)12-7-5-4-6-10(12)2/h4-9H,3H2,1-2H3,(H,15,16). The third-order valence-electron chi connectivity index (χ3n) is 2.80. The van der Waals surface area contributed by atoms with Gasteiger partial charge in [0.25, 0.3) is 5.69 Å². The van der Waals surface area contributed by atoms with Gasteiger partial charge in [0.2, 0.25) is 0 Å². The first-order valence-corrected chi connectivity index (χ1v) is 6.08. The molecule has 0 unspecified atom stereocenters. The molecule has 0 aliphatic heterocycles. The van der Waals surface area contributed by atoms with Crippen molar-refractivity contribution >= 4 is 11.5 Å². The zero-order valence-corrected chi connectivity index (χ0v) is 10.9. The summed E-state index contributed by atoms with van der Waals surface area (Å²) in [6.07, 6.45) is 0. The molecule has 0 fully saturated rings. The first-order valence-electron chi connectivity index (χ1n) is 6.08. The van der Waals surface area contributed by atoms with E-state index >= 15 is 0 Å². The van der Waals surface area contributed by atoms with E-state index in [1.54, 1.807) is 0 Å². The summed E-state index contributed by atoms with van der Waals surface area (Å²) in [6, 6.07) is 10.7. The maximum atomic E-state index is 11.0. The van der Waals surface area contributed by atoms with E-state index in [1.165, 1.54) is 12.1 Å². The molecule has 0 saturated carbocycles. The lowest BCUT2D eigenvalue weighted by molar-refractivity contribution is -0.384. The van der Waals surface area contributed by atoms with Crippen molar-refractivity contribution in [2.75, 3.05) is 11.9 Å². The van der Waals surface area contributed by atoms with Gasteiger partial charge in [-0.1, -0.05) is 24.3 Å². The van der Waals surface area contributed by atoms with Crippen LogP contribution in [0.4, 0.5) is 11.5 Å². The van der Waals surface area contributed by atoms with Gasteiger partial charge in [0.1, 0.15) is 5.82 Å². The lowest BCUT2D eigenvalue weighted by Gasteiger charge is -2.08. The van der Waals surface area contributed by atoms with Crippen molar-refractivity contribution in [1.82, 2.24) is 4.98 Å². The largest absolute Gasteiger partial charge is 0.370 e. The van der Waals surface area contributed by atoms with Crippen LogP contribution in [-0.4, -0.2) is 16.5 Å². The number of benzene rings is 1. The fourth-order valence-electron chi connectivity index (χ4n) is 1.89. The Balaban J connectivity index is 2.56. The molecule has 0 saturated heterocycles. The average Bonchev–Trinajstić information content (AvgIpc) is 2.39. The Morgan fingerprint density at radius 3 is 2.68 bits per heavy atom. The molecule has 1 aromatic carbocycles. The summed E-state index contributed by atoms with van der Waals surface area (Å²) in [7, 11) is 0. The van der Waals surface area contributed by atoms with E-state index in [0.29, 0.717) is 18.1 Å². The maximum absolute atomic E-state index is 11.0. The van der Waals surface area contributed by atoms with Crippen LogP contribution in [0.15, 0.2) is 36.4 Å². The van der Waals surface area contributed by atoms with Crippen LogP contribution in [0, 0.1) is 17.0 Å². The minimum Gasteiger partial charge on any atom is -0.370 e. The molecule has 1 heterocycles. The molecule has 0 bridgehead atoms. The van der Waals surface area contributed by atoms with E-state index in [0.717, 1.165) is 11.1 Å². The molecular weight excluding hydrogens is 242 g/mol. The Morgan fingerprint density at radius 2 is 2.05 bits per heavy atom. The fraction of sp³-hybridized carbons (Fsp3) is 0.214. The Bertz CT molecular complexity index is 611. The second-order valence-corrected chi connectivity index (χ2v) is 4.20. The minimum atomic E-state index is -0.399. The SMILES string of the molecule is CCNc1cc([N+](=O)[O-])cc(-c2ccccc2C)n1. The molecule has 0 spiro atoms. The van der Waals surface area contributed by atoms with Crippen LogP contribution in [0.25, 0.3) is 11.3 Å². The van der Waals surface area contributed by atoms with Gasteiger partial charge in [0.15, 0.2) is 0 Å². The van der Waals surface area contributed by atoms with E-state index in [1.807, 2.05) is 38.1 Å². The van der Waals surface area contributed by atoms with Crippen molar-refractivity contribution in [2.45, 2.75) is 13.8 Å². The first kappa shape index (κ1) is 13.0. The summed E-state index contributed by atoms with van der Waals surface area (Å²) in [5.41, 5.74) is 2.61. The number of hydrogen-bond donors (Lipinski definition) is 1. The number of nitrogens with one attached hydrogen (secondary N) is 1. The smallest absolute Gasteiger partial charge is 0.275 e. The van der Waals surface area contributed by atoms with Crippen molar-refractivity contribution in [3.8, 4) is 11.3 Å². The summed E-state index contributed by atoms with van der Waals surface area (Å²) < 4.78 is 0. The van der Waals surface area contributed by atoms with Gasteiger partial charge in [-0.15, -0.1) is 0 Å². The quantitative estimate of drug-likeness (QED) is 0.673. The van der Waals surface area contributed by atoms with Gasteiger partial charge >= 0.3 is 0 Å². The maximum Gasteiger partial charge on any atom is 0.275 e. The molecule has 1 N–H and O–H groups in total. The highest BCUT2D eigenvalue weighted by Gasteiger charge is 2.13. The zero-order chi connectivity index (χ0) is 13.8. The number of nitro groups is 1. The number of anilines is 1. The molecule has 0 atom stereocenters. The van der Waals surface area contributed by atoms with Gasteiger partial charge in [-0.2, -0.15) is 0 Å². The topological polar surface area (TPSA) is 68.1 Å². The monoisotopic (exact) mass is 257 g/mol. The van der Waals surface area contributed by atoms with Crippen molar-refractivity contribution in [3.63, 3.8) is 0 Å². The van der Waals surface area contributed by atoms with Crippen molar-refractivity contribution < 1.29 is 4.92 Å². The number of aryl methyl sites for hydroxylation is 1. The third kappa shape index (κ3) is 2.88. The molecule has 2 aromatic rings. The van der Waals surface area contributed by atoms with E-state index in [2.05, 4.69) is 10.3 Å². The Morgan fingerprint density at radius 1 is 1.32 bits per heavy atom. The second-order valence-electron chi connectivity index (χ2n) is 4.20. The molecule has 1 aromatic heterocycles. The van der Waals surface area contributed by atoms with Crippen LogP contribution in [-0.2, 0) is 0 Å². The normalized spacial score (nSPS) is 10.2. The molecule has 98 valence electrons. The van der Waals surface area contributed by atoms with Crippen LogP contribution in [0.3, 0.4) is 0 Å². The average molecular weight is 257 g/mol. The molecule has 0 amide bonds. The number of hydrogen-bond acceptors (Lipinski definition) is 4. The Labute approximate surface area is 111 Å². The lowest BCUT2D eigenvalue weighted by atomic mass is 10.1. The zero-order valence-electron chi connectivity index (χ0n) is 10.9. The summed E-state index contributed by atoms with van der Waals surface area (Å²) in [6.45, 7) is 4.55. The van der Waals surface area contributed by atoms with Crippen LogP contribution in [0.5, 0.6) is 0 Å². The van der Waals surface area contributed by atoms with E-state index in [4.69, 9.17) is 0 Å². The Hall–Kier alpha value is -2.43. The highest BCUT2D eigenvalue weighted by Crippen LogP contribution is 2.27. The molecule has 0 aliphatic carbocycles. The molecule has 19 heavy (non-hydrogen) atoms. The summed E-state index contributed by atoms with van der Waals surface area (Å²) in [5, 5.41) is 14.0. The second kappa shape index (κ2) is 5.48. The van der Waals surface area contributed by atoms with Gasteiger partial charge in [-0.25, -0.2) is 4.98 Å². The van der Waals surface area contributed by atoms with Crippen molar-refractivity contribution in [2.24, 2.45) is 0 Å². The number of aromatic nitrogens is 1.